The number of hydrogen-bond acceptors (Lipinski definition) is 3. The fraction of sp³-hybridized carbons (Fsp3) is 0.273. The van der Waals surface area contributed by atoms with Crippen molar-refractivity contribution in [3.8, 4) is 5.75 Å². The van der Waals surface area contributed by atoms with E-state index in [-0.39, 0.29) is 6.61 Å². The molecule has 0 saturated carbocycles. The van der Waals surface area contributed by atoms with Crippen molar-refractivity contribution in [1.29, 1.82) is 0 Å². The number of benzene rings is 1. The normalized spacial score (nSPS) is 11.9. The second-order valence-electron chi connectivity index (χ2n) is 3.39. The van der Waals surface area contributed by atoms with Crippen LogP contribution in [0.4, 0.5) is 0 Å². The van der Waals surface area contributed by atoms with E-state index in [0.29, 0.717) is 22.1 Å². The van der Waals surface area contributed by atoms with Crippen molar-refractivity contribution in [2.24, 2.45) is 11.7 Å². The van der Waals surface area contributed by atoms with E-state index in [1.165, 1.54) is 0 Å². The number of amides is 1. The lowest BCUT2D eigenvalue weighted by Crippen LogP contribution is -2.26. The molecule has 0 aliphatic rings. The van der Waals surface area contributed by atoms with Crippen LogP contribution in [0.2, 0.25) is 0 Å². The number of carbonyl (C=O) groups is 2. The Kier molecular flexibility index (Phi) is 4.49. The van der Waals surface area contributed by atoms with E-state index in [1.807, 2.05) is 0 Å². The van der Waals surface area contributed by atoms with Gasteiger partial charge in [0.1, 0.15) is 5.75 Å². The van der Waals surface area contributed by atoms with Crippen LogP contribution in [0.15, 0.2) is 22.7 Å². The maximum Gasteiger partial charge on any atom is 0.223 e. The molecule has 0 spiro atoms. The second kappa shape index (κ2) is 5.65. The number of ether oxygens (including phenoxy) is 1. The Morgan fingerprint density at radius 2 is 2.31 bits per heavy atom. The van der Waals surface area contributed by atoms with Gasteiger partial charge in [0.2, 0.25) is 5.91 Å². The minimum atomic E-state index is -0.431. The number of hydrogen-bond donors (Lipinski definition) is 1. The van der Waals surface area contributed by atoms with Crippen LogP contribution >= 0.6 is 15.9 Å². The SMILES string of the molecule is CC(COc1c(Br)cccc1C=O)C(N)=O. The Morgan fingerprint density at radius 3 is 2.88 bits per heavy atom. The summed E-state index contributed by atoms with van der Waals surface area (Å²) in [5.41, 5.74) is 5.54. The van der Waals surface area contributed by atoms with Gasteiger partial charge in [0, 0.05) is 0 Å². The Morgan fingerprint density at radius 1 is 1.62 bits per heavy atom. The van der Waals surface area contributed by atoms with Crippen LogP contribution < -0.4 is 10.5 Å². The molecule has 0 saturated heterocycles. The molecule has 16 heavy (non-hydrogen) atoms. The van der Waals surface area contributed by atoms with Gasteiger partial charge in [-0.3, -0.25) is 9.59 Å². The molecule has 1 unspecified atom stereocenters. The van der Waals surface area contributed by atoms with Crippen molar-refractivity contribution in [3.05, 3.63) is 28.2 Å². The van der Waals surface area contributed by atoms with Crippen molar-refractivity contribution < 1.29 is 14.3 Å². The molecule has 1 aromatic carbocycles. The van der Waals surface area contributed by atoms with E-state index in [0.717, 1.165) is 0 Å². The lowest BCUT2D eigenvalue weighted by molar-refractivity contribution is -0.122. The van der Waals surface area contributed by atoms with Crippen LogP contribution in [0.3, 0.4) is 0 Å². The summed E-state index contributed by atoms with van der Waals surface area (Å²) in [5.74, 6) is -0.392. The first-order valence-electron chi connectivity index (χ1n) is 4.72. The molecule has 0 bridgehead atoms. The van der Waals surface area contributed by atoms with E-state index in [1.54, 1.807) is 25.1 Å². The van der Waals surface area contributed by atoms with Crippen LogP contribution in [0.5, 0.6) is 5.75 Å². The van der Waals surface area contributed by atoms with Gasteiger partial charge < -0.3 is 10.5 Å². The van der Waals surface area contributed by atoms with Crippen LogP contribution in [0.25, 0.3) is 0 Å². The predicted molar refractivity (Wildman–Crippen MR) is 63.4 cm³/mol. The highest BCUT2D eigenvalue weighted by Gasteiger charge is 2.12. The first-order valence-corrected chi connectivity index (χ1v) is 5.51. The van der Waals surface area contributed by atoms with Gasteiger partial charge in [-0.25, -0.2) is 0 Å². The molecule has 86 valence electrons. The Labute approximate surface area is 102 Å². The van der Waals surface area contributed by atoms with Crippen molar-refractivity contribution in [1.82, 2.24) is 0 Å². The quantitative estimate of drug-likeness (QED) is 0.838. The summed E-state index contributed by atoms with van der Waals surface area (Å²) in [7, 11) is 0. The molecule has 1 amide bonds. The topological polar surface area (TPSA) is 69.4 Å². The van der Waals surface area contributed by atoms with Crippen LogP contribution in [0.1, 0.15) is 17.3 Å². The molecule has 0 aliphatic heterocycles. The zero-order chi connectivity index (χ0) is 12.1. The molecule has 1 aromatic rings. The average Bonchev–Trinajstić information content (AvgIpc) is 2.26. The number of carbonyl (C=O) groups excluding carboxylic acids is 2. The summed E-state index contributed by atoms with van der Waals surface area (Å²) >= 11 is 3.28. The maximum atomic E-state index is 10.8. The van der Waals surface area contributed by atoms with Gasteiger partial charge in [-0.15, -0.1) is 0 Å². The van der Waals surface area contributed by atoms with E-state index in [9.17, 15) is 9.59 Å². The molecule has 0 aliphatic carbocycles. The van der Waals surface area contributed by atoms with Crippen molar-refractivity contribution in [2.75, 3.05) is 6.61 Å². The first-order chi connectivity index (χ1) is 7.56. The third kappa shape index (κ3) is 3.06. The van der Waals surface area contributed by atoms with E-state index in [2.05, 4.69) is 15.9 Å². The number of halogens is 1. The molecular weight excluding hydrogens is 274 g/mol. The Bertz CT molecular complexity index is 406. The highest BCUT2D eigenvalue weighted by molar-refractivity contribution is 9.10. The smallest absolute Gasteiger partial charge is 0.223 e. The van der Waals surface area contributed by atoms with Crippen molar-refractivity contribution in [2.45, 2.75) is 6.92 Å². The van der Waals surface area contributed by atoms with Gasteiger partial charge >= 0.3 is 0 Å². The average molecular weight is 286 g/mol. The highest BCUT2D eigenvalue weighted by atomic mass is 79.9. The van der Waals surface area contributed by atoms with Gasteiger partial charge in [-0.1, -0.05) is 13.0 Å². The largest absolute Gasteiger partial charge is 0.491 e. The molecule has 0 radical (unpaired) electrons. The monoisotopic (exact) mass is 285 g/mol. The molecule has 1 atom stereocenters. The standard InChI is InChI=1S/C11H12BrNO3/c1-7(11(13)15)6-16-10-8(5-14)3-2-4-9(10)12/h2-5,7H,6H2,1H3,(H2,13,15). The minimum absolute atomic E-state index is 0.152. The minimum Gasteiger partial charge on any atom is -0.491 e. The summed E-state index contributed by atoms with van der Waals surface area (Å²) in [6.45, 7) is 1.82. The summed E-state index contributed by atoms with van der Waals surface area (Å²) in [6, 6.07) is 5.14. The van der Waals surface area contributed by atoms with E-state index in [4.69, 9.17) is 10.5 Å². The number of para-hydroxylation sites is 1. The van der Waals surface area contributed by atoms with Gasteiger partial charge in [-0.05, 0) is 28.1 Å². The van der Waals surface area contributed by atoms with E-state index >= 15 is 0 Å². The molecule has 2 N–H and O–H groups in total. The number of aldehydes is 1. The van der Waals surface area contributed by atoms with Gasteiger partial charge in [0.05, 0.1) is 22.6 Å². The van der Waals surface area contributed by atoms with Crippen LogP contribution in [0, 0.1) is 5.92 Å². The summed E-state index contributed by atoms with van der Waals surface area (Å²) in [5, 5.41) is 0. The lowest BCUT2D eigenvalue weighted by atomic mass is 10.2. The maximum absolute atomic E-state index is 10.8. The van der Waals surface area contributed by atoms with Gasteiger partial charge in [0.25, 0.3) is 0 Å². The third-order valence-electron chi connectivity index (χ3n) is 2.09. The lowest BCUT2D eigenvalue weighted by Gasteiger charge is -2.12. The van der Waals surface area contributed by atoms with Crippen LogP contribution in [-0.2, 0) is 4.79 Å². The molecule has 0 heterocycles. The third-order valence-corrected chi connectivity index (χ3v) is 2.71. The summed E-state index contributed by atoms with van der Waals surface area (Å²) in [6.07, 6.45) is 0.703. The zero-order valence-corrected chi connectivity index (χ0v) is 10.4. The first kappa shape index (κ1) is 12.7. The van der Waals surface area contributed by atoms with E-state index < -0.39 is 11.8 Å². The van der Waals surface area contributed by atoms with Gasteiger partial charge in [0.15, 0.2) is 6.29 Å². The predicted octanol–water partition coefficient (Wildman–Crippen LogP) is 1.76. The summed E-state index contributed by atoms with van der Waals surface area (Å²) < 4.78 is 6.08. The highest BCUT2D eigenvalue weighted by Crippen LogP contribution is 2.28. The molecule has 0 aromatic heterocycles. The number of primary amides is 1. The van der Waals surface area contributed by atoms with Crippen LogP contribution in [-0.4, -0.2) is 18.8 Å². The number of nitrogens with two attached hydrogens (primary N) is 1. The molecule has 0 fully saturated rings. The Balaban J connectivity index is 2.80. The zero-order valence-electron chi connectivity index (χ0n) is 8.77. The molecule has 5 heteroatoms. The molecular formula is C11H12BrNO3. The molecule has 4 nitrogen and oxygen atoms in total. The fourth-order valence-electron chi connectivity index (χ4n) is 1.06. The van der Waals surface area contributed by atoms with Gasteiger partial charge in [-0.2, -0.15) is 0 Å². The van der Waals surface area contributed by atoms with Crippen molar-refractivity contribution in [3.63, 3.8) is 0 Å². The van der Waals surface area contributed by atoms with Crippen molar-refractivity contribution >= 4 is 28.1 Å². The molecule has 1 rings (SSSR count). The Hall–Kier alpha value is -1.36. The second-order valence-corrected chi connectivity index (χ2v) is 4.24. The number of rotatable bonds is 5. The fourth-order valence-corrected chi connectivity index (χ4v) is 1.56. The summed E-state index contributed by atoms with van der Waals surface area (Å²) in [4.78, 5) is 21.6.